The number of rotatable bonds is 9. The number of piperidine rings is 1. The molecule has 1 saturated carbocycles. The SMILES string of the molecule is O=C(O)C(CO)CCCNc1nc2ccccc2n(C2C[C@H]3CC[C@@H](C2)N3C2CCCCCCC2)c1=O. The Morgan fingerprint density at radius 1 is 0.973 bits per heavy atom. The average molecular weight is 511 g/mol. The number of hydrogen-bond acceptors (Lipinski definition) is 6. The predicted octanol–water partition coefficient (Wildman–Crippen LogP) is 4.56. The molecule has 0 amide bonds. The van der Waals surface area contributed by atoms with E-state index in [4.69, 9.17) is 5.11 Å². The van der Waals surface area contributed by atoms with Gasteiger partial charge in [0, 0.05) is 30.7 Å². The van der Waals surface area contributed by atoms with Crippen LogP contribution in [0.2, 0.25) is 0 Å². The second-order valence-corrected chi connectivity index (χ2v) is 11.4. The van der Waals surface area contributed by atoms with Crippen molar-refractivity contribution < 1.29 is 15.0 Å². The molecule has 2 unspecified atom stereocenters. The van der Waals surface area contributed by atoms with Crippen LogP contribution in [0.4, 0.5) is 5.82 Å². The number of nitrogens with one attached hydrogen (secondary N) is 1. The molecule has 3 fully saturated rings. The molecule has 5 rings (SSSR count). The van der Waals surface area contributed by atoms with Gasteiger partial charge in [-0.05, 0) is 63.5 Å². The van der Waals surface area contributed by atoms with E-state index in [-0.39, 0.29) is 18.2 Å². The van der Waals surface area contributed by atoms with Gasteiger partial charge < -0.3 is 20.1 Å². The molecule has 3 aliphatic rings. The number of aliphatic hydroxyl groups is 1. The number of aliphatic hydroxyl groups excluding tert-OH is 1. The maximum absolute atomic E-state index is 13.8. The van der Waals surface area contributed by atoms with E-state index in [1.165, 1.54) is 57.8 Å². The van der Waals surface area contributed by atoms with Crippen molar-refractivity contribution >= 4 is 22.8 Å². The van der Waals surface area contributed by atoms with E-state index < -0.39 is 11.9 Å². The van der Waals surface area contributed by atoms with E-state index in [0.717, 1.165) is 23.9 Å². The average Bonchev–Trinajstić information content (AvgIpc) is 3.12. The molecule has 3 heterocycles. The van der Waals surface area contributed by atoms with Gasteiger partial charge >= 0.3 is 5.97 Å². The summed E-state index contributed by atoms with van der Waals surface area (Å²) in [7, 11) is 0. The molecule has 8 heteroatoms. The molecule has 8 nitrogen and oxygen atoms in total. The van der Waals surface area contributed by atoms with Crippen molar-refractivity contribution in [3.05, 3.63) is 34.6 Å². The van der Waals surface area contributed by atoms with Crippen molar-refractivity contribution in [3.8, 4) is 0 Å². The molecule has 4 atom stereocenters. The number of fused-ring (bicyclic) bond motifs is 3. The van der Waals surface area contributed by atoms with Crippen LogP contribution in [-0.4, -0.2) is 61.9 Å². The highest BCUT2D eigenvalue weighted by atomic mass is 16.4. The summed E-state index contributed by atoms with van der Waals surface area (Å²) in [6.45, 7) is 0.0635. The maximum Gasteiger partial charge on any atom is 0.308 e. The summed E-state index contributed by atoms with van der Waals surface area (Å²) in [5.74, 6) is -1.43. The van der Waals surface area contributed by atoms with Crippen LogP contribution < -0.4 is 10.9 Å². The molecule has 37 heavy (non-hydrogen) atoms. The lowest BCUT2D eigenvalue weighted by Gasteiger charge is -2.45. The monoisotopic (exact) mass is 510 g/mol. The lowest BCUT2D eigenvalue weighted by atomic mass is 9.89. The first-order chi connectivity index (χ1) is 18.1. The lowest BCUT2D eigenvalue weighted by Crippen LogP contribution is -2.50. The molecule has 2 aromatic rings. The molecule has 2 bridgehead atoms. The molecule has 3 N–H and O–H groups in total. The van der Waals surface area contributed by atoms with Gasteiger partial charge in [-0.3, -0.25) is 14.5 Å². The number of hydrogen-bond donors (Lipinski definition) is 3. The van der Waals surface area contributed by atoms with E-state index in [1.807, 2.05) is 28.8 Å². The molecule has 2 saturated heterocycles. The first-order valence-electron chi connectivity index (χ1n) is 14.4. The third-order valence-electron chi connectivity index (χ3n) is 9.01. The number of para-hydroxylation sites is 2. The molecule has 0 spiro atoms. The summed E-state index contributed by atoms with van der Waals surface area (Å²) in [5, 5.41) is 21.6. The van der Waals surface area contributed by atoms with Crippen LogP contribution in [-0.2, 0) is 4.79 Å². The van der Waals surface area contributed by atoms with Gasteiger partial charge in [-0.2, -0.15) is 0 Å². The number of aliphatic carboxylic acids is 1. The molecule has 0 radical (unpaired) electrons. The normalized spacial score (nSPS) is 26.0. The van der Waals surface area contributed by atoms with Gasteiger partial charge in [-0.15, -0.1) is 0 Å². The zero-order valence-electron chi connectivity index (χ0n) is 21.9. The summed E-state index contributed by atoms with van der Waals surface area (Å²) < 4.78 is 2.00. The van der Waals surface area contributed by atoms with Gasteiger partial charge in [0.25, 0.3) is 5.56 Å². The molecule has 2 aliphatic heterocycles. The second-order valence-electron chi connectivity index (χ2n) is 11.4. The number of carbonyl (C=O) groups is 1. The van der Waals surface area contributed by atoms with Crippen molar-refractivity contribution in [1.29, 1.82) is 0 Å². The molecular weight excluding hydrogens is 468 g/mol. The fourth-order valence-corrected chi connectivity index (χ4v) is 7.20. The van der Waals surface area contributed by atoms with E-state index in [9.17, 15) is 14.7 Å². The minimum Gasteiger partial charge on any atom is -0.481 e. The van der Waals surface area contributed by atoms with Gasteiger partial charge in [-0.1, -0.05) is 44.2 Å². The predicted molar refractivity (Wildman–Crippen MR) is 145 cm³/mol. The van der Waals surface area contributed by atoms with E-state index in [0.29, 0.717) is 43.3 Å². The van der Waals surface area contributed by atoms with Gasteiger partial charge in [0.2, 0.25) is 0 Å². The highest BCUT2D eigenvalue weighted by Gasteiger charge is 2.44. The van der Waals surface area contributed by atoms with Crippen LogP contribution in [0.25, 0.3) is 11.0 Å². The molecule has 1 aromatic heterocycles. The zero-order chi connectivity index (χ0) is 25.8. The fourth-order valence-electron chi connectivity index (χ4n) is 7.20. The smallest absolute Gasteiger partial charge is 0.308 e. The van der Waals surface area contributed by atoms with Crippen molar-refractivity contribution in [1.82, 2.24) is 14.5 Å². The maximum atomic E-state index is 13.8. The summed E-state index contributed by atoms with van der Waals surface area (Å²) in [4.78, 5) is 32.4. The van der Waals surface area contributed by atoms with Gasteiger partial charge in [-0.25, -0.2) is 4.98 Å². The van der Waals surface area contributed by atoms with Crippen LogP contribution in [0, 0.1) is 5.92 Å². The van der Waals surface area contributed by atoms with Crippen LogP contribution in [0.15, 0.2) is 29.1 Å². The standard InChI is InChI=1S/C29H42N4O4/c34-19-20(29(36)37)9-8-16-30-27-28(35)33(26-13-7-6-12-25(26)31-27)24-17-22-14-15-23(18-24)32(22)21-10-4-2-1-3-5-11-21/h6-7,12-13,20-24,34H,1-5,8-11,14-19H2,(H,30,31)(H,36,37)/t20?,22-,23+,24?. The van der Waals surface area contributed by atoms with Gasteiger partial charge in [0.15, 0.2) is 5.82 Å². The quantitative estimate of drug-likeness (QED) is 0.424. The first-order valence-corrected chi connectivity index (χ1v) is 14.4. The largest absolute Gasteiger partial charge is 0.481 e. The Labute approximate surface area is 219 Å². The van der Waals surface area contributed by atoms with E-state index in [2.05, 4.69) is 15.2 Å². The summed E-state index contributed by atoms with van der Waals surface area (Å²) >= 11 is 0. The molecule has 1 aliphatic carbocycles. The Kier molecular flexibility index (Phi) is 8.45. The van der Waals surface area contributed by atoms with Crippen molar-refractivity contribution in [2.75, 3.05) is 18.5 Å². The van der Waals surface area contributed by atoms with E-state index >= 15 is 0 Å². The zero-order valence-corrected chi connectivity index (χ0v) is 21.9. The third kappa shape index (κ3) is 5.70. The minimum atomic E-state index is -0.992. The van der Waals surface area contributed by atoms with Gasteiger partial charge in [0.1, 0.15) is 0 Å². The Hall–Kier alpha value is -2.45. The number of aromatic nitrogens is 2. The van der Waals surface area contributed by atoms with Crippen LogP contribution >= 0.6 is 0 Å². The van der Waals surface area contributed by atoms with E-state index in [1.54, 1.807) is 0 Å². The highest BCUT2D eigenvalue weighted by Crippen LogP contribution is 2.44. The van der Waals surface area contributed by atoms with Crippen LogP contribution in [0.3, 0.4) is 0 Å². The van der Waals surface area contributed by atoms with Crippen LogP contribution in [0.5, 0.6) is 0 Å². The number of benzene rings is 1. The van der Waals surface area contributed by atoms with Gasteiger partial charge in [0.05, 0.1) is 23.6 Å². The van der Waals surface area contributed by atoms with Crippen molar-refractivity contribution in [3.63, 3.8) is 0 Å². The minimum absolute atomic E-state index is 0.0838. The Morgan fingerprint density at radius 2 is 1.65 bits per heavy atom. The third-order valence-corrected chi connectivity index (χ3v) is 9.01. The van der Waals surface area contributed by atoms with Crippen molar-refractivity contribution in [2.45, 2.75) is 108 Å². The van der Waals surface area contributed by atoms with Crippen molar-refractivity contribution in [2.24, 2.45) is 5.92 Å². The number of carboxylic acid groups (broad SMARTS) is 1. The molecule has 202 valence electrons. The second kappa shape index (κ2) is 11.9. The highest BCUT2D eigenvalue weighted by molar-refractivity contribution is 5.76. The number of carboxylic acids is 1. The summed E-state index contributed by atoms with van der Waals surface area (Å²) in [5.41, 5.74) is 1.62. The Balaban J connectivity index is 1.34. The topological polar surface area (TPSA) is 108 Å². The molecular formula is C29H42N4O4. The number of nitrogens with zero attached hydrogens (tertiary/aromatic N) is 3. The summed E-state index contributed by atoms with van der Waals surface area (Å²) in [6, 6.07) is 9.87. The summed E-state index contributed by atoms with van der Waals surface area (Å²) in [6.07, 6.45) is 14.8. The fraction of sp³-hybridized carbons (Fsp3) is 0.690. The Morgan fingerprint density at radius 3 is 2.32 bits per heavy atom. The lowest BCUT2D eigenvalue weighted by molar-refractivity contribution is -0.143. The Bertz CT molecular complexity index is 1110. The molecule has 1 aromatic carbocycles. The first kappa shape index (κ1) is 26.2. The number of anilines is 1. The van der Waals surface area contributed by atoms with Crippen LogP contribution in [0.1, 0.15) is 89.5 Å².